The van der Waals surface area contributed by atoms with Crippen LogP contribution in [0.15, 0.2) is 200 Å². The summed E-state index contributed by atoms with van der Waals surface area (Å²) in [6, 6.07) is 83.5. The average Bonchev–Trinajstić information content (AvgIpc) is 1.51. The summed E-state index contributed by atoms with van der Waals surface area (Å²) in [7, 11) is 0. The summed E-state index contributed by atoms with van der Waals surface area (Å²) in [6.45, 7) is 85.5. The van der Waals surface area contributed by atoms with Gasteiger partial charge < -0.3 is 9.13 Å². The Hall–Kier alpha value is -9.70. The largest absolute Gasteiger partial charge is 0.310 e. The number of aromatic nitrogens is 2. The van der Waals surface area contributed by atoms with Crippen LogP contribution in [0.4, 0.5) is 0 Å². The highest BCUT2D eigenvalue weighted by Crippen LogP contribution is 2.51. The smallest absolute Gasteiger partial charge is 0.252 e. The standard InChI is InChI=1S/C120H141BN2/c1-109(2,3)82-48-75(49-83(64-82)110(4,5)6)70-37-43-100-96(60-70)104-94(80-56-90(117(25,26)27)68-91(57-80)118(28,29)30)39-41-98-107(104)122(100)102-62-79(74-46-72(77-52-86(113(13,14)15)66-87(53-77)114(16,17)18)45-73(47-74)78-54-88(115(19,20)21)67-89(55-78)116(22,23)24)63-103-106(102)121(98)99-42-40-95(81-58-92(119(31,32)33)69-93(59-81)120(34,35)36)105-97-61-71(38-44-101(97)123(103)108(99)105)76-50-84(111(7,8)9)65-85(51-76)112(10,11)12/h37-69H,1-36H3. The lowest BCUT2D eigenvalue weighted by molar-refractivity contribution is 0.568. The fourth-order valence-electron chi connectivity index (χ4n) is 19.2. The summed E-state index contributed by atoms with van der Waals surface area (Å²) in [5.74, 6) is 0. The molecule has 4 heterocycles. The summed E-state index contributed by atoms with van der Waals surface area (Å²) in [5.41, 5.74) is 43.6. The first-order valence-electron chi connectivity index (χ1n) is 46.0. The van der Waals surface area contributed by atoms with Gasteiger partial charge in [0.1, 0.15) is 0 Å². The Bertz CT molecular complexity index is 6100. The molecule has 0 saturated carbocycles. The van der Waals surface area contributed by atoms with E-state index >= 15 is 0 Å². The molecule has 0 radical (unpaired) electrons. The lowest BCUT2D eigenvalue weighted by atomic mass is 9.34. The van der Waals surface area contributed by atoms with Crippen LogP contribution in [0.5, 0.6) is 0 Å². The molecule has 0 spiro atoms. The van der Waals surface area contributed by atoms with Gasteiger partial charge in [-0.3, -0.25) is 0 Å². The Morgan fingerprint density at radius 2 is 0.374 bits per heavy atom. The summed E-state index contributed by atoms with van der Waals surface area (Å²) in [6.07, 6.45) is 0. The van der Waals surface area contributed by atoms with Gasteiger partial charge in [-0.05, 0) is 281 Å². The fourth-order valence-corrected chi connectivity index (χ4v) is 19.2. The first-order chi connectivity index (χ1) is 56.5. The molecule has 3 heteroatoms. The molecule has 0 atom stereocenters. The maximum atomic E-state index is 2.77. The predicted octanol–water partition coefficient (Wildman–Crippen LogP) is 32.3. The van der Waals surface area contributed by atoms with Crippen LogP contribution in [-0.4, -0.2) is 15.8 Å². The summed E-state index contributed by atoms with van der Waals surface area (Å²) in [5, 5.41) is 5.12. The Labute approximate surface area is 741 Å². The normalized spacial score (nSPS) is 14.0. The number of nitrogens with zero attached hydrogens (tertiary/aromatic N) is 2. The molecule has 2 nitrogen and oxygen atoms in total. The second-order valence-electron chi connectivity index (χ2n) is 49.9. The van der Waals surface area contributed by atoms with Crippen LogP contribution in [0.2, 0.25) is 0 Å². The zero-order chi connectivity index (χ0) is 89.6. The van der Waals surface area contributed by atoms with E-state index in [4.69, 9.17) is 0 Å². The highest BCUT2D eigenvalue weighted by molar-refractivity contribution is 7.00. The zero-order valence-corrected chi connectivity index (χ0v) is 82.0. The van der Waals surface area contributed by atoms with Crippen molar-refractivity contribution in [1.29, 1.82) is 0 Å². The van der Waals surface area contributed by atoms with Gasteiger partial charge in [-0.2, -0.15) is 0 Å². The van der Waals surface area contributed by atoms with Crippen LogP contribution < -0.4 is 16.4 Å². The van der Waals surface area contributed by atoms with E-state index in [2.05, 4.69) is 459 Å². The third kappa shape index (κ3) is 15.8. The van der Waals surface area contributed by atoms with Crippen molar-refractivity contribution in [2.75, 3.05) is 0 Å². The van der Waals surface area contributed by atoms with Crippen molar-refractivity contribution in [3.05, 3.63) is 267 Å². The minimum atomic E-state index is -0.175. The van der Waals surface area contributed by atoms with Crippen LogP contribution in [0, 0.1) is 0 Å². The van der Waals surface area contributed by atoms with Crippen molar-refractivity contribution in [2.24, 2.45) is 0 Å². The molecule has 12 aromatic carbocycles. The molecule has 2 aliphatic heterocycles. The van der Waals surface area contributed by atoms with Crippen LogP contribution in [0.25, 0.3) is 133 Å². The Kier molecular flexibility index (Phi) is 20.0. The van der Waals surface area contributed by atoms with Gasteiger partial charge in [-0.25, -0.2) is 0 Å². The van der Waals surface area contributed by atoms with Crippen LogP contribution in [-0.2, 0) is 65.0 Å². The number of hydrogen-bond acceptors (Lipinski definition) is 0. The summed E-state index contributed by atoms with van der Waals surface area (Å²) >= 11 is 0. The second kappa shape index (κ2) is 28.4. The monoisotopic (exact) mass is 1620 g/mol. The summed E-state index contributed by atoms with van der Waals surface area (Å²) < 4.78 is 5.54. The quantitative estimate of drug-likeness (QED) is 0.141. The van der Waals surface area contributed by atoms with Gasteiger partial charge in [-0.15, -0.1) is 0 Å². The van der Waals surface area contributed by atoms with Crippen molar-refractivity contribution in [1.82, 2.24) is 9.13 Å². The van der Waals surface area contributed by atoms with Crippen molar-refractivity contribution < 1.29 is 0 Å². The SMILES string of the molecule is CC(C)(C)c1cc(-c2cc(-c3cc(C(C)(C)C)cc(C(C)(C)C)c3)cc(-c3cc4c5c(c3)-n3c6ccc(-c7cc(C(C)(C)C)cc(C(C)(C)C)c7)cc6c6c(-c7cc(C(C)(C)C)cc(C(C)(C)C)c7)ccc(c63)B5c3ccc(-c5cc(C(C)(C)C)cc(C(C)(C)C)c5)c5c6cc(-c7cc(C(C)(C)C)cc(C(C)(C)C)c7)ccc6n-4c35)c2)cc(C(C)(C)C)c1. The van der Waals surface area contributed by atoms with E-state index in [0.29, 0.717) is 0 Å². The van der Waals surface area contributed by atoms with Gasteiger partial charge >= 0.3 is 0 Å². The zero-order valence-electron chi connectivity index (χ0n) is 82.0. The van der Waals surface area contributed by atoms with E-state index < -0.39 is 0 Å². The van der Waals surface area contributed by atoms with Crippen molar-refractivity contribution in [3.63, 3.8) is 0 Å². The molecule has 0 unspecified atom stereocenters. The fraction of sp³-hybridized carbons (Fsp3) is 0.400. The van der Waals surface area contributed by atoms with E-state index in [1.165, 1.54) is 216 Å². The Morgan fingerprint density at radius 3 is 0.593 bits per heavy atom. The lowest BCUT2D eigenvalue weighted by Crippen LogP contribution is -2.59. The molecular weight excluding hydrogens is 1480 g/mol. The minimum Gasteiger partial charge on any atom is -0.310 e. The lowest BCUT2D eigenvalue weighted by Gasteiger charge is -2.35. The molecule has 0 bridgehead atoms. The second-order valence-corrected chi connectivity index (χ2v) is 49.9. The molecular formula is C120H141BN2. The molecule has 0 amide bonds. The third-order valence-corrected chi connectivity index (χ3v) is 27.6. The van der Waals surface area contributed by atoms with Crippen molar-refractivity contribution in [3.8, 4) is 89.3 Å². The Balaban J connectivity index is 1.13. The maximum absolute atomic E-state index is 2.77. The highest BCUT2D eigenvalue weighted by atomic mass is 15.0. The number of rotatable bonds is 7. The van der Waals surface area contributed by atoms with Gasteiger partial charge in [0.05, 0.1) is 11.0 Å². The van der Waals surface area contributed by atoms with Crippen LogP contribution in [0.1, 0.15) is 316 Å². The molecule has 2 aliphatic rings. The highest BCUT2D eigenvalue weighted by Gasteiger charge is 2.44. The molecule has 14 aromatic rings. The van der Waals surface area contributed by atoms with E-state index in [0.717, 1.165) is 0 Å². The molecule has 16 rings (SSSR count). The Morgan fingerprint density at radius 1 is 0.179 bits per heavy atom. The number of benzene rings is 12. The van der Waals surface area contributed by atoms with E-state index in [1.807, 2.05) is 0 Å². The first kappa shape index (κ1) is 86.8. The minimum absolute atomic E-state index is 0.0750. The topological polar surface area (TPSA) is 9.86 Å². The van der Waals surface area contributed by atoms with Crippen LogP contribution >= 0.6 is 0 Å². The number of fused-ring (bicyclic) bond motifs is 10. The van der Waals surface area contributed by atoms with Crippen LogP contribution in [0.3, 0.4) is 0 Å². The molecule has 0 fully saturated rings. The van der Waals surface area contributed by atoms with Gasteiger partial charge in [-0.1, -0.05) is 395 Å². The number of hydrogen-bond donors (Lipinski definition) is 0. The van der Waals surface area contributed by atoms with Crippen molar-refractivity contribution in [2.45, 2.75) is 314 Å². The van der Waals surface area contributed by atoms with Gasteiger partial charge in [0, 0.05) is 44.0 Å². The third-order valence-electron chi connectivity index (χ3n) is 27.6. The van der Waals surface area contributed by atoms with E-state index in [1.54, 1.807) is 0 Å². The first-order valence-corrected chi connectivity index (χ1v) is 46.0. The summed E-state index contributed by atoms with van der Waals surface area (Å²) in [4.78, 5) is 0. The molecule has 2 aromatic heterocycles. The average molecular weight is 1620 g/mol. The maximum Gasteiger partial charge on any atom is 0.252 e. The molecule has 0 aliphatic carbocycles. The van der Waals surface area contributed by atoms with Crippen molar-refractivity contribution >= 4 is 66.7 Å². The van der Waals surface area contributed by atoms with Gasteiger partial charge in [0.15, 0.2) is 0 Å². The van der Waals surface area contributed by atoms with Gasteiger partial charge in [0.2, 0.25) is 0 Å². The van der Waals surface area contributed by atoms with E-state index in [-0.39, 0.29) is 71.7 Å². The van der Waals surface area contributed by atoms with Gasteiger partial charge in [0.25, 0.3) is 6.71 Å². The van der Waals surface area contributed by atoms with E-state index in [9.17, 15) is 0 Å². The molecule has 634 valence electrons. The molecule has 123 heavy (non-hydrogen) atoms. The predicted molar refractivity (Wildman–Crippen MR) is 542 cm³/mol. The molecule has 0 saturated heterocycles. The molecule has 0 N–H and O–H groups in total.